The maximum Gasteiger partial charge on any atom is 0.255 e. The van der Waals surface area contributed by atoms with E-state index in [1.807, 2.05) is 18.2 Å². The number of rotatable bonds is 9. The Balaban J connectivity index is 1.19. The predicted octanol–water partition coefficient (Wildman–Crippen LogP) is 1.78. The summed E-state index contributed by atoms with van der Waals surface area (Å²) in [5, 5.41) is 5.99. The lowest BCUT2D eigenvalue weighted by atomic mass is 10.0. The van der Waals surface area contributed by atoms with Gasteiger partial charge in [0.25, 0.3) is 5.91 Å². The summed E-state index contributed by atoms with van der Waals surface area (Å²) in [7, 11) is 0. The highest BCUT2D eigenvalue weighted by atomic mass is 16.2. The smallest absolute Gasteiger partial charge is 0.255 e. The zero-order valence-corrected chi connectivity index (χ0v) is 20.6. The Morgan fingerprint density at radius 1 is 1.11 bits per heavy atom. The molecule has 1 aromatic carbocycles. The molecule has 0 spiro atoms. The highest BCUT2D eigenvalue weighted by Gasteiger charge is 2.39. The molecule has 1 atom stereocenters. The van der Waals surface area contributed by atoms with Gasteiger partial charge in [0.15, 0.2) is 0 Å². The van der Waals surface area contributed by atoms with Crippen LogP contribution in [0.2, 0.25) is 0 Å². The fraction of sp³-hybridized carbons (Fsp3) is 0.500. The first kappa shape index (κ1) is 25.8. The lowest BCUT2D eigenvalue weighted by molar-refractivity contribution is -0.136. The third-order valence-corrected chi connectivity index (χ3v) is 7.13. The van der Waals surface area contributed by atoms with Crippen LogP contribution in [-0.4, -0.2) is 72.1 Å². The number of benzene rings is 1. The van der Waals surface area contributed by atoms with Gasteiger partial charge in [-0.25, -0.2) is 0 Å². The largest absolute Gasteiger partial charge is 0.322 e. The van der Waals surface area contributed by atoms with E-state index in [-0.39, 0.29) is 18.2 Å². The molecule has 2 saturated heterocycles. The lowest BCUT2D eigenvalue weighted by Gasteiger charge is -2.31. The van der Waals surface area contributed by atoms with Crippen LogP contribution in [0.1, 0.15) is 66.4 Å². The Bertz CT molecular complexity index is 1080. The van der Waals surface area contributed by atoms with Crippen LogP contribution in [0.4, 0.5) is 0 Å². The van der Waals surface area contributed by atoms with Gasteiger partial charge in [0.2, 0.25) is 11.8 Å². The minimum absolute atomic E-state index is 0.169. The van der Waals surface area contributed by atoms with Gasteiger partial charge in [-0.2, -0.15) is 0 Å². The Morgan fingerprint density at radius 2 is 1.94 bits per heavy atom. The number of likely N-dealkylation sites (tertiary alicyclic amines) is 1. The van der Waals surface area contributed by atoms with Gasteiger partial charge in [-0.3, -0.25) is 29.4 Å². The number of unbranched alkanes of at least 4 members (excludes halogenated alkanes) is 2. The average molecular weight is 491 g/mol. The zero-order chi connectivity index (χ0) is 25.3. The fourth-order valence-electron chi connectivity index (χ4n) is 5.09. The Morgan fingerprint density at radius 3 is 2.72 bits per heavy atom. The van der Waals surface area contributed by atoms with Crippen molar-refractivity contribution in [1.29, 1.82) is 0 Å². The first-order chi connectivity index (χ1) is 17.6. The van der Waals surface area contributed by atoms with E-state index < -0.39 is 11.9 Å². The molecular weight excluding hydrogens is 456 g/mol. The lowest BCUT2D eigenvalue weighted by Crippen LogP contribution is -2.52. The summed E-state index contributed by atoms with van der Waals surface area (Å²) in [4.78, 5) is 50.9. The summed E-state index contributed by atoms with van der Waals surface area (Å²) >= 11 is 0. The number of piperidine rings is 2. The highest BCUT2D eigenvalue weighted by molar-refractivity contribution is 6.05. The average Bonchev–Trinajstić information content (AvgIpc) is 3.21. The van der Waals surface area contributed by atoms with Crippen molar-refractivity contribution in [1.82, 2.24) is 20.4 Å². The van der Waals surface area contributed by atoms with Crippen LogP contribution in [0.5, 0.6) is 0 Å². The van der Waals surface area contributed by atoms with E-state index in [9.17, 15) is 19.2 Å². The van der Waals surface area contributed by atoms with Gasteiger partial charge < -0.3 is 10.2 Å². The van der Waals surface area contributed by atoms with Crippen molar-refractivity contribution >= 4 is 24.0 Å². The molecule has 0 radical (unpaired) electrons. The quantitative estimate of drug-likeness (QED) is 0.180. The fourth-order valence-corrected chi connectivity index (χ4v) is 5.09. The summed E-state index contributed by atoms with van der Waals surface area (Å²) in [6.07, 6.45) is 10.0. The van der Waals surface area contributed by atoms with Crippen LogP contribution in [0.3, 0.4) is 0 Å². The van der Waals surface area contributed by atoms with Crippen molar-refractivity contribution in [2.75, 3.05) is 26.2 Å². The molecule has 190 valence electrons. The van der Waals surface area contributed by atoms with Gasteiger partial charge in [-0.15, -0.1) is 0 Å². The summed E-state index contributed by atoms with van der Waals surface area (Å²) in [5.74, 6) is 5.64. The molecule has 1 unspecified atom stereocenters. The number of hydrogen-bond acceptors (Lipinski definition) is 6. The third-order valence-electron chi connectivity index (χ3n) is 7.13. The maximum absolute atomic E-state index is 12.9. The van der Waals surface area contributed by atoms with E-state index >= 15 is 0 Å². The van der Waals surface area contributed by atoms with E-state index in [0.717, 1.165) is 75.7 Å². The van der Waals surface area contributed by atoms with E-state index in [1.165, 1.54) is 0 Å². The van der Waals surface area contributed by atoms with Gasteiger partial charge in [0, 0.05) is 43.1 Å². The predicted molar refractivity (Wildman–Crippen MR) is 136 cm³/mol. The second kappa shape index (κ2) is 12.6. The van der Waals surface area contributed by atoms with Gasteiger partial charge in [-0.05, 0) is 75.5 Å². The number of hydrogen-bond donors (Lipinski definition) is 2. The number of amides is 3. The molecule has 3 heterocycles. The zero-order valence-electron chi connectivity index (χ0n) is 20.6. The molecule has 36 heavy (non-hydrogen) atoms. The van der Waals surface area contributed by atoms with Crippen molar-refractivity contribution < 1.29 is 19.2 Å². The molecule has 2 N–H and O–H groups in total. The van der Waals surface area contributed by atoms with Crippen LogP contribution in [0.25, 0.3) is 0 Å². The Labute approximate surface area is 212 Å². The van der Waals surface area contributed by atoms with Crippen LogP contribution in [0, 0.1) is 11.8 Å². The number of carbonyl (C=O) groups is 4. The van der Waals surface area contributed by atoms with Crippen LogP contribution < -0.4 is 10.6 Å². The SMILES string of the molecule is O=C/C=C/CN1CCC(NCCCCC#Cc2cccc3c2CN(C2CCC(=O)NC2=O)C3=O)CC1. The summed E-state index contributed by atoms with van der Waals surface area (Å²) in [6.45, 7) is 4.28. The topological polar surface area (TPSA) is 98.8 Å². The number of nitrogens with zero attached hydrogens (tertiary/aromatic N) is 2. The summed E-state index contributed by atoms with van der Waals surface area (Å²) in [6, 6.07) is 5.49. The Kier molecular flexibility index (Phi) is 9.04. The number of nitrogens with one attached hydrogen (secondary N) is 2. The molecule has 8 nitrogen and oxygen atoms in total. The molecule has 3 aliphatic rings. The standard InChI is InChI=1S/C28H34N4O4/c33-19-6-5-16-31-17-13-22(14-18-31)29-15-4-2-1-3-8-21-9-7-10-23-24(21)20-32(28(23)36)25-11-12-26(34)30-27(25)35/h5-7,9-10,19,22,25,29H,1-2,4,11-18,20H2,(H,30,34,35)/b6-5+. The second-order valence-electron chi connectivity index (χ2n) is 9.58. The minimum atomic E-state index is -0.609. The molecule has 4 rings (SSSR count). The van der Waals surface area contributed by atoms with Crippen LogP contribution >= 0.6 is 0 Å². The first-order valence-electron chi connectivity index (χ1n) is 12.9. The van der Waals surface area contributed by atoms with Gasteiger partial charge in [-0.1, -0.05) is 24.0 Å². The third kappa shape index (κ3) is 6.48. The van der Waals surface area contributed by atoms with Crippen molar-refractivity contribution in [3.63, 3.8) is 0 Å². The first-order valence-corrected chi connectivity index (χ1v) is 12.9. The van der Waals surface area contributed by atoms with Gasteiger partial charge >= 0.3 is 0 Å². The van der Waals surface area contributed by atoms with Crippen LogP contribution in [-0.2, 0) is 20.9 Å². The number of imide groups is 1. The molecule has 0 aromatic heterocycles. The Hall–Kier alpha value is -3.28. The van der Waals surface area contributed by atoms with Gasteiger partial charge in [0.05, 0.1) is 0 Å². The number of carbonyl (C=O) groups excluding carboxylic acids is 4. The van der Waals surface area contributed by atoms with Crippen LogP contribution in [0.15, 0.2) is 30.4 Å². The second-order valence-corrected chi connectivity index (χ2v) is 9.58. The number of fused-ring (bicyclic) bond motifs is 1. The molecule has 0 aliphatic carbocycles. The molecule has 2 fully saturated rings. The van der Waals surface area contributed by atoms with E-state index in [2.05, 4.69) is 27.4 Å². The molecule has 0 saturated carbocycles. The summed E-state index contributed by atoms with van der Waals surface area (Å²) in [5.41, 5.74) is 2.30. The molecule has 8 heteroatoms. The summed E-state index contributed by atoms with van der Waals surface area (Å²) < 4.78 is 0. The molecule has 3 amide bonds. The van der Waals surface area contributed by atoms with Gasteiger partial charge in [0.1, 0.15) is 12.3 Å². The van der Waals surface area contributed by atoms with Crippen molar-refractivity contribution in [3.8, 4) is 11.8 Å². The van der Waals surface area contributed by atoms with E-state index in [1.54, 1.807) is 17.0 Å². The molecule has 1 aromatic rings. The van der Waals surface area contributed by atoms with Crippen molar-refractivity contribution in [2.24, 2.45) is 0 Å². The number of allylic oxidation sites excluding steroid dienone is 1. The van der Waals surface area contributed by atoms with Crippen molar-refractivity contribution in [2.45, 2.75) is 63.6 Å². The highest BCUT2D eigenvalue weighted by Crippen LogP contribution is 2.29. The molecule has 3 aliphatic heterocycles. The molecular formula is C28H34N4O4. The van der Waals surface area contributed by atoms with E-state index in [4.69, 9.17) is 0 Å². The maximum atomic E-state index is 12.9. The number of aldehydes is 1. The molecule has 0 bridgehead atoms. The minimum Gasteiger partial charge on any atom is -0.322 e. The monoisotopic (exact) mass is 490 g/mol. The normalized spacial score (nSPS) is 20.8. The van der Waals surface area contributed by atoms with E-state index in [0.29, 0.717) is 24.6 Å². The van der Waals surface area contributed by atoms with Crippen molar-refractivity contribution in [3.05, 3.63) is 47.0 Å².